The maximum atomic E-state index is 12.4. The van der Waals surface area contributed by atoms with E-state index in [2.05, 4.69) is 29.6 Å². The SMILES string of the molecule is CC(C)(C)OC(=O)n1cc(N2CC(c3c(OCOCC[Si](C)(C)C)ccc(Cl)c3Cl)CC2S)cn1. The molecule has 194 valence electrons. The number of thiol groups is 1. The molecule has 3 rings (SSSR count). The Kier molecular flexibility index (Phi) is 9.13. The summed E-state index contributed by atoms with van der Waals surface area (Å²) in [5.41, 5.74) is 1.01. The quantitative estimate of drug-likeness (QED) is 0.164. The molecule has 2 heterocycles. The van der Waals surface area contributed by atoms with Crippen molar-refractivity contribution in [2.24, 2.45) is 0 Å². The first-order valence-corrected chi connectivity index (χ1v) is 16.6. The second-order valence-electron chi connectivity index (χ2n) is 10.9. The molecule has 1 fully saturated rings. The van der Waals surface area contributed by atoms with Gasteiger partial charge in [0.2, 0.25) is 0 Å². The van der Waals surface area contributed by atoms with Crippen molar-refractivity contribution in [2.75, 3.05) is 24.8 Å². The van der Waals surface area contributed by atoms with Crippen molar-refractivity contribution in [3.8, 4) is 5.75 Å². The standard InChI is InChI=1S/C24H35Cl2N3O4SSi/c1-24(2,3)33-23(30)29-14-17(12-27-29)28-13-16(11-20(28)34)21-19(8-7-18(25)22(21)26)32-15-31-9-10-35(4,5)6/h7-8,12,14,16,20,34H,9-11,13,15H2,1-6H3. The second kappa shape index (κ2) is 11.3. The summed E-state index contributed by atoms with van der Waals surface area (Å²) in [4.78, 5) is 14.4. The van der Waals surface area contributed by atoms with Crippen molar-refractivity contribution >= 4 is 55.7 Å². The van der Waals surface area contributed by atoms with Gasteiger partial charge in [0.25, 0.3) is 0 Å². The minimum atomic E-state index is -1.17. The van der Waals surface area contributed by atoms with E-state index in [1.165, 1.54) is 4.68 Å². The number of nitrogens with zero attached hydrogens (tertiary/aromatic N) is 3. The molecule has 1 aliphatic rings. The molecule has 0 bridgehead atoms. The van der Waals surface area contributed by atoms with E-state index in [0.717, 1.165) is 17.3 Å². The summed E-state index contributed by atoms with van der Waals surface area (Å²) in [6, 6.07) is 4.64. The van der Waals surface area contributed by atoms with E-state index >= 15 is 0 Å². The molecule has 11 heteroatoms. The molecule has 7 nitrogen and oxygen atoms in total. The molecule has 1 aromatic heterocycles. The van der Waals surface area contributed by atoms with Crippen LogP contribution in [0, 0.1) is 0 Å². The highest BCUT2D eigenvalue weighted by Gasteiger charge is 2.35. The fraction of sp³-hybridized carbons (Fsp3) is 0.583. The largest absolute Gasteiger partial charge is 0.467 e. The van der Waals surface area contributed by atoms with Crippen LogP contribution in [0.15, 0.2) is 24.5 Å². The molecule has 1 saturated heterocycles. The lowest BCUT2D eigenvalue weighted by Gasteiger charge is -2.22. The lowest BCUT2D eigenvalue weighted by molar-refractivity contribution is 0.0213. The highest BCUT2D eigenvalue weighted by molar-refractivity contribution is 7.81. The molecule has 35 heavy (non-hydrogen) atoms. The third kappa shape index (κ3) is 7.79. The zero-order chi connectivity index (χ0) is 26.0. The van der Waals surface area contributed by atoms with Gasteiger partial charge in [0.05, 0.1) is 33.5 Å². The topological polar surface area (TPSA) is 65.8 Å². The van der Waals surface area contributed by atoms with Crippen LogP contribution in [0.3, 0.4) is 0 Å². The average Bonchev–Trinajstić information content (AvgIpc) is 3.35. The van der Waals surface area contributed by atoms with E-state index in [-0.39, 0.29) is 18.1 Å². The van der Waals surface area contributed by atoms with Crippen molar-refractivity contribution in [3.05, 3.63) is 40.1 Å². The van der Waals surface area contributed by atoms with E-state index in [1.807, 2.05) is 26.8 Å². The first-order valence-electron chi connectivity index (χ1n) is 11.7. The van der Waals surface area contributed by atoms with Crippen LogP contribution in [0.2, 0.25) is 35.7 Å². The minimum Gasteiger partial charge on any atom is -0.467 e. The fourth-order valence-electron chi connectivity index (χ4n) is 3.77. The third-order valence-electron chi connectivity index (χ3n) is 5.55. The van der Waals surface area contributed by atoms with E-state index in [9.17, 15) is 4.79 Å². The maximum Gasteiger partial charge on any atom is 0.435 e. The number of anilines is 1. The molecule has 2 aromatic rings. The molecule has 1 aliphatic heterocycles. The Balaban J connectivity index is 1.72. The van der Waals surface area contributed by atoms with Crippen LogP contribution in [0.25, 0.3) is 0 Å². The molecule has 0 aliphatic carbocycles. The van der Waals surface area contributed by atoms with E-state index in [4.69, 9.17) is 50.0 Å². The highest BCUT2D eigenvalue weighted by Crippen LogP contribution is 2.45. The molecule has 0 amide bonds. The summed E-state index contributed by atoms with van der Waals surface area (Å²) in [6.45, 7) is 13.8. The first kappa shape index (κ1) is 28.2. The van der Waals surface area contributed by atoms with Crippen molar-refractivity contribution in [3.63, 3.8) is 0 Å². The predicted molar refractivity (Wildman–Crippen MR) is 147 cm³/mol. The zero-order valence-corrected chi connectivity index (χ0v) is 24.6. The Labute approximate surface area is 224 Å². The maximum absolute atomic E-state index is 12.4. The number of carbonyl (C=O) groups is 1. The van der Waals surface area contributed by atoms with Crippen molar-refractivity contribution in [2.45, 2.75) is 69.8 Å². The summed E-state index contributed by atoms with van der Waals surface area (Å²) in [6.07, 6.45) is 3.48. The summed E-state index contributed by atoms with van der Waals surface area (Å²) < 4.78 is 18.3. The van der Waals surface area contributed by atoms with Gasteiger partial charge >= 0.3 is 6.09 Å². The van der Waals surface area contributed by atoms with Gasteiger partial charge in [0.1, 0.15) is 11.4 Å². The number of hydrogen-bond donors (Lipinski definition) is 1. The number of halogens is 2. The van der Waals surface area contributed by atoms with Gasteiger partial charge in [-0.1, -0.05) is 42.8 Å². The van der Waals surface area contributed by atoms with Gasteiger partial charge in [-0.3, -0.25) is 0 Å². The Morgan fingerprint density at radius 2 is 1.97 bits per heavy atom. The van der Waals surface area contributed by atoms with Crippen LogP contribution in [0.5, 0.6) is 5.75 Å². The molecular weight excluding hydrogens is 525 g/mol. The molecule has 2 atom stereocenters. The number of aromatic nitrogens is 2. The van der Waals surface area contributed by atoms with Gasteiger partial charge in [0.15, 0.2) is 6.79 Å². The van der Waals surface area contributed by atoms with Crippen molar-refractivity contribution in [1.82, 2.24) is 9.78 Å². The van der Waals surface area contributed by atoms with Gasteiger partial charge in [-0.15, -0.1) is 0 Å². The van der Waals surface area contributed by atoms with Crippen LogP contribution in [-0.4, -0.2) is 54.9 Å². The van der Waals surface area contributed by atoms with E-state index in [0.29, 0.717) is 35.4 Å². The van der Waals surface area contributed by atoms with Crippen LogP contribution >= 0.6 is 35.8 Å². The summed E-state index contributed by atoms with van der Waals surface area (Å²) in [7, 11) is -1.17. The summed E-state index contributed by atoms with van der Waals surface area (Å²) in [5.74, 6) is 0.676. The summed E-state index contributed by atoms with van der Waals surface area (Å²) >= 11 is 17.8. The smallest absolute Gasteiger partial charge is 0.435 e. The number of ether oxygens (including phenoxy) is 3. The Hall–Kier alpha value is -1.39. The van der Waals surface area contributed by atoms with Crippen LogP contribution in [-0.2, 0) is 9.47 Å². The van der Waals surface area contributed by atoms with Crippen molar-refractivity contribution < 1.29 is 19.0 Å². The number of carbonyl (C=O) groups excluding carboxylic acids is 1. The van der Waals surface area contributed by atoms with Gasteiger partial charge < -0.3 is 19.1 Å². The molecule has 0 spiro atoms. The normalized spacial score (nSPS) is 18.7. The van der Waals surface area contributed by atoms with E-state index < -0.39 is 19.8 Å². The number of hydrogen-bond acceptors (Lipinski definition) is 7. The average molecular weight is 561 g/mol. The Bertz CT molecular complexity index is 1040. The highest BCUT2D eigenvalue weighted by atomic mass is 35.5. The summed E-state index contributed by atoms with van der Waals surface area (Å²) in [5, 5.41) is 5.03. The minimum absolute atomic E-state index is 0.0190. The molecule has 0 N–H and O–H groups in total. The Morgan fingerprint density at radius 3 is 2.63 bits per heavy atom. The number of benzene rings is 1. The first-order chi connectivity index (χ1) is 16.2. The predicted octanol–water partition coefficient (Wildman–Crippen LogP) is 6.91. The monoisotopic (exact) mass is 559 g/mol. The van der Waals surface area contributed by atoms with Crippen LogP contribution < -0.4 is 9.64 Å². The lowest BCUT2D eigenvalue weighted by atomic mass is 9.97. The molecule has 2 unspecified atom stereocenters. The van der Waals surface area contributed by atoms with Gasteiger partial charge in [-0.05, 0) is 45.4 Å². The molecule has 0 saturated carbocycles. The molecule has 0 radical (unpaired) electrons. The van der Waals surface area contributed by atoms with Gasteiger partial charge in [-0.2, -0.15) is 22.4 Å². The van der Waals surface area contributed by atoms with Gasteiger partial charge in [-0.25, -0.2) is 4.79 Å². The Morgan fingerprint density at radius 1 is 1.26 bits per heavy atom. The van der Waals surface area contributed by atoms with Crippen LogP contribution in [0.1, 0.15) is 38.7 Å². The molecular formula is C24H35Cl2N3O4SSi. The molecule has 1 aromatic carbocycles. The fourth-order valence-corrected chi connectivity index (χ4v) is 5.48. The zero-order valence-electron chi connectivity index (χ0n) is 21.2. The van der Waals surface area contributed by atoms with Gasteiger partial charge in [0, 0.05) is 32.7 Å². The second-order valence-corrected chi connectivity index (χ2v) is 17.9. The lowest BCUT2D eigenvalue weighted by Crippen LogP contribution is -2.27. The number of rotatable bonds is 8. The van der Waals surface area contributed by atoms with Crippen LogP contribution in [0.4, 0.5) is 10.5 Å². The van der Waals surface area contributed by atoms with E-state index in [1.54, 1.807) is 18.5 Å². The third-order valence-corrected chi connectivity index (χ3v) is 8.56. The van der Waals surface area contributed by atoms with Crippen molar-refractivity contribution in [1.29, 1.82) is 0 Å².